The highest BCUT2D eigenvalue weighted by atomic mass is 32.2. The SMILES string of the molecule is COC(=O)CC(C)S(=O)CCCn1ccnc1. The molecule has 0 aliphatic heterocycles. The molecule has 1 aromatic rings. The Balaban J connectivity index is 2.22. The first-order valence-corrected chi connectivity index (χ1v) is 6.91. The standard InChI is InChI=1S/C11H18N2O3S/c1-10(8-11(14)16-2)17(15)7-3-5-13-6-4-12-9-13/h4,6,9-10H,3,5,7-8H2,1-2H3. The van der Waals surface area contributed by atoms with Gasteiger partial charge in [0.25, 0.3) is 0 Å². The lowest BCUT2D eigenvalue weighted by molar-refractivity contribution is -0.140. The minimum Gasteiger partial charge on any atom is -0.469 e. The number of imidazole rings is 1. The molecule has 0 fully saturated rings. The van der Waals surface area contributed by atoms with E-state index < -0.39 is 10.8 Å². The quantitative estimate of drug-likeness (QED) is 0.684. The number of esters is 1. The third-order valence-electron chi connectivity index (χ3n) is 2.45. The van der Waals surface area contributed by atoms with Crippen LogP contribution in [-0.4, -0.2) is 37.8 Å². The molecule has 17 heavy (non-hydrogen) atoms. The van der Waals surface area contributed by atoms with Crippen molar-refractivity contribution in [2.75, 3.05) is 12.9 Å². The molecule has 0 aliphatic rings. The van der Waals surface area contributed by atoms with Gasteiger partial charge in [-0.15, -0.1) is 0 Å². The average Bonchev–Trinajstić information content (AvgIpc) is 2.81. The molecule has 0 bridgehead atoms. The van der Waals surface area contributed by atoms with Crippen LogP contribution < -0.4 is 0 Å². The molecule has 96 valence electrons. The normalized spacial score (nSPS) is 14.2. The monoisotopic (exact) mass is 258 g/mol. The molecule has 0 spiro atoms. The highest BCUT2D eigenvalue weighted by Gasteiger charge is 2.15. The van der Waals surface area contributed by atoms with Gasteiger partial charge < -0.3 is 9.30 Å². The average molecular weight is 258 g/mol. The molecular weight excluding hydrogens is 240 g/mol. The molecule has 2 atom stereocenters. The number of carbonyl (C=O) groups excluding carboxylic acids is 1. The summed E-state index contributed by atoms with van der Waals surface area (Å²) in [5.41, 5.74) is 0. The van der Waals surface area contributed by atoms with Gasteiger partial charge in [0.15, 0.2) is 0 Å². The fourth-order valence-electron chi connectivity index (χ4n) is 1.42. The van der Waals surface area contributed by atoms with Crippen LogP contribution in [0.15, 0.2) is 18.7 Å². The Labute approximate surface area is 104 Å². The summed E-state index contributed by atoms with van der Waals surface area (Å²) in [6.45, 7) is 2.61. The van der Waals surface area contributed by atoms with Gasteiger partial charge in [-0.2, -0.15) is 0 Å². The van der Waals surface area contributed by atoms with Gasteiger partial charge in [-0.25, -0.2) is 4.98 Å². The summed E-state index contributed by atoms with van der Waals surface area (Å²) < 4.78 is 18.3. The zero-order chi connectivity index (χ0) is 12.7. The topological polar surface area (TPSA) is 61.2 Å². The molecule has 1 rings (SSSR count). The molecular formula is C11H18N2O3S. The summed E-state index contributed by atoms with van der Waals surface area (Å²) in [7, 11) is 0.361. The predicted molar refractivity (Wildman–Crippen MR) is 65.9 cm³/mol. The summed E-state index contributed by atoms with van der Waals surface area (Å²) in [4.78, 5) is 14.9. The molecule has 0 amide bonds. The molecule has 0 N–H and O–H groups in total. The van der Waals surface area contributed by atoms with Crippen molar-refractivity contribution in [2.24, 2.45) is 0 Å². The van der Waals surface area contributed by atoms with E-state index >= 15 is 0 Å². The number of nitrogens with zero attached hydrogens (tertiary/aromatic N) is 2. The Morgan fingerprint density at radius 3 is 2.94 bits per heavy atom. The number of ether oxygens (including phenoxy) is 1. The number of methoxy groups -OCH3 is 1. The van der Waals surface area contributed by atoms with Crippen LogP contribution >= 0.6 is 0 Å². The van der Waals surface area contributed by atoms with Crippen molar-refractivity contribution in [1.29, 1.82) is 0 Å². The molecule has 6 heteroatoms. The van der Waals surface area contributed by atoms with Crippen molar-refractivity contribution >= 4 is 16.8 Å². The van der Waals surface area contributed by atoms with E-state index in [1.165, 1.54) is 7.11 Å². The van der Waals surface area contributed by atoms with Gasteiger partial charge >= 0.3 is 5.97 Å². The number of hydrogen-bond acceptors (Lipinski definition) is 4. The Kier molecular flexibility index (Phi) is 5.90. The maximum absolute atomic E-state index is 11.8. The lowest BCUT2D eigenvalue weighted by Gasteiger charge is -2.10. The second-order valence-electron chi connectivity index (χ2n) is 3.83. The number of hydrogen-bond donors (Lipinski definition) is 0. The fraction of sp³-hybridized carbons (Fsp3) is 0.636. The lowest BCUT2D eigenvalue weighted by Crippen LogP contribution is -2.19. The Morgan fingerprint density at radius 2 is 2.35 bits per heavy atom. The van der Waals surface area contributed by atoms with E-state index in [9.17, 15) is 9.00 Å². The smallest absolute Gasteiger partial charge is 0.306 e. The van der Waals surface area contributed by atoms with Gasteiger partial charge in [0.2, 0.25) is 0 Å². The second kappa shape index (κ2) is 7.21. The summed E-state index contributed by atoms with van der Waals surface area (Å²) >= 11 is 0. The highest BCUT2D eigenvalue weighted by Crippen LogP contribution is 2.05. The maximum Gasteiger partial charge on any atom is 0.306 e. The number of carbonyl (C=O) groups is 1. The largest absolute Gasteiger partial charge is 0.469 e. The van der Waals surface area contributed by atoms with Gasteiger partial charge in [0.05, 0.1) is 19.9 Å². The van der Waals surface area contributed by atoms with E-state index in [1.807, 2.05) is 17.7 Å². The van der Waals surface area contributed by atoms with E-state index in [0.29, 0.717) is 5.75 Å². The molecule has 0 aromatic carbocycles. The van der Waals surface area contributed by atoms with Gasteiger partial charge in [0, 0.05) is 40.7 Å². The first kappa shape index (κ1) is 13.9. The van der Waals surface area contributed by atoms with E-state index in [2.05, 4.69) is 9.72 Å². The number of aromatic nitrogens is 2. The van der Waals surface area contributed by atoms with Crippen LogP contribution in [0.3, 0.4) is 0 Å². The van der Waals surface area contributed by atoms with Crippen molar-refractivity contribution in [3.8, 4) is 0 Å². The summed E-state index contributed by atoms with van der Waals surface area (Å²) in [5, 5.41) is -0.148. The molecule has 1 aromatic heterocycles. The molecule has 0 aliphatic carbocycles. The van der Waals surface area contributed by atoms with E-state index in [0.717, 1.165) is 13.0 Å². The predicted octanol–water partition coefficient (Wildman–Crippen LogP) is 0.973. The van der Waals surface area contributed by atoms with Crippen molar-refractivity contribution in [2.45, 2.75) is 31.6 Å². The van der Waals surface area contributed by atoms with Gasteiger partial charge in [0.1, 0.15) is 0 Å². The molecule has 1 heterocycles. The van der Waals surface area contributed by atoms with Crippen LogP contribution in [0.4, 0.5) is 0 Å². The van der Waals surface area contributed by atoms with Crippen molar-refractivity contribution in [1.82, 2.24) is 9.55 Å². The Hall–Kier alpha value is -1.17. The van der Waals surface area contributed by atoms with Crippen LogP contribution in [0.1, 0.15) is 19.8 Å². The minimum atomic E-state index is -0.983. The van der Waals surface area contributed by atoms with E-state index in [1.54, 1.807) is 12.5 Å². The summed E-state index contributed by atoms with van der Waals surface area (Å²) in [6.07, 6.45) is 6.36. The van der Waals surface area contributed by atoms with E-state index in [4.69, 9.17) is 0 Å². The van der Waals surface area contributed by atoms with Crippen LogP contribution in [0, 0.1) is 0 Å². The molecule has 0 saturated heterocycles. The highest BCUT2D eigenvalue weighted by molar-refractivity contribution is 7.85. The van der Waals surface area contributed by atoms with Crippen LogP contribution in [0.5, 0.6) is 0 Å². The van der Waals surface area contributed by atoms with Crippen LogP contribution in [-0.2, 0) is 26.9 Å². The van der Waals surface area contributed by atoms with E-state index in [-0.39, 0.29) is 17.6 Å². The number of rotatable bonds is 7. The first-order valence-electron chi connectivity index (χ1n) is 5.53. The second-order valence-corrected chi connectivity index (χ2v) is 5.80. The zero-order valence-electron chi connectivity index (χ0n) is 10.2. The molecule has 0 saturated carbocycles. The summed E-state index contributed by atoms with van der Waals surface area (Å²) in [6, 6.07) is 0. The van der Waals surface area contributed by atoms with Crippen molar-refractivity contribution in [3.63, 3.8) is 0 Å². The Morgan fingerprint density at radius 1 is 1.59 bits per heavy atom. The molecule has 0 radical (unpaired) electrons. The van der Waals surface area contributed by atoms with Gasteiger partial charge in [-0.1, -0.05) is 6.92 Å². The summed E-state index contributed by atoms with van der Waals surface area (Å²) in [5.74, 6) is 0.288. The lowest BCUT2D eigenvalue weighted by atomic mass is 10.3. The molecule has 2 unspecified atom stereocenters. The van der Waals surface area contributed by atoms with Gasteiger partial charge in [-0.3, -0.25) is 9.00 Å². The third kappa shape index (κ3) is 5.12. The van der Waals surface area contributed by atoms with Crippen molar-refractivity contribution in [3.05, 3.63) is 18.7 Å². The van der Waals surface area contributed by atoms with Crippen molar-refractivity contribution < 1.29 is 13.7 Å². The molecule has 5 nitrogen and oxygen atoms in total. The maximum atomic E-state index is 11.8. The minimum absolute atomic E-state index is 0.148. The first-order chi connectivity index (χ1) is 8.13. The number of aryl methyl sites for hydroxylation is 1. The van der Waals surface area contributed by atoms with Gasteiger partial charge in [-0.05, 0) is 6.42 Å². The Bertz CT molecular complexity index is 365. The zero-order valence-corrected chi connectivity index (χ0v) is 11.0. The third-order valence-corrected chi connectivity index (χ3v) is 4.21. The fourth-order valence-corrected chi connectivity index (χ4v) is 2.56. The van der Waals surface area contributed by atoms with Crippen LogP contribution in [0.25, 0.3) is 0 Å². The van der Waals surface area contributed by atoms with Crippen LogP contribution in [0.2, 0.25) is 0 Å².